The van der Waals surface area contributed by atoms with Crippen LogP contribution in [0.2, 0.25) is 5.02 Å². The van der Waals surface area contributed by atoms with E-state index in [1.807, 2.05) is 11.8 Å². The third-order valence-electron chi connectivity index (χ3n) is 7.61. The van der Waals surface area contributed by atoms with E-state index in [0.717, 1.165) is 50.9 Å². The number of hydrogen-bond donors (Lipinski definition) is 3. The molecule has 4 heterocycles. The van der Waals surface area contributed by atoms with Gasteiger partial charge in [-0.25, -0.2) is 8.91 Å². The molecule has 5 rings (SSSR count). The maximum atomic E-state index is 13.4. The number of nitrogens with two attached hydrogens (primary N) is 1. The van der Waals surface area contributed by atoms with Gasteiger partial charge in [0.2, 0.25) is 5.91 Å². The van der Waals surface area contributed by atoms with Gasteiger partial charge >= 0.3 is 0 Å². The molecule has 3 aromatic rings. The van der Waals surface area contributed by atoms with E-state index in [1.165, 1.54) is 24.4 Å². The first-order valence-electron chi connectivity index (χ1n) is 13.2. The second-order valence-corrected chi connectivity index (χ2v) is 10.5. The summed E-state index contributed by atoms with van der Waals surface area (Å²) in [6.45, 7) is 8.31. The van der Waals surface area contributed by atoms with Crippen molar-refractivity contribution >= 4 is 28.7 Å². The van der Waals surface area contributed by atoms with Crippen molar-refractivity contribution in [3.63, 3.8) is 0 Å². The van der Waals surface area contributed by atoms with Gasteiger partial charge in [-0.3, -0.25) is 14.7 Å². The molecule has 4 N–H and O–H groups in total. The van der Waals surface area contributed by atoms with E-state index in [9.17, 15) is 14.3 Å². The van der Waals surface area contributed by atoms with Gasteiger partial charge in [-0.05, 0) is 44.0 Å². The van der Waals surface area contributed by atoms with Crippen LogP contribution >= 0.6 is 11.6 Å². The summed E-state index contributed by atoms with van der Waals surface area (Å²) in [5.74, 6) is -0.129. The zero-order chi connectivity index (χ0) is 28.4. The number of ether oxygens (including phenoxy) is 1. The van der Waals surface area contributed by atoms with Gasteiger partial charge in [0.15, 0.2) is 6.10 Å². The summed E-state index contributed by atoms with van der Waals surface area (Å²) < 4.78 is 21.1. The minimum atomic E-state index is -0.848. The number of aliphatic hydroxyl groups is 1. The average molecular weight is 570 g/mol. The van der Waals surface area contributed by atoms with Gasteiger partial charge in [-0.2, -0.15) is 5.10 Å². The molecule has 1 saturated carbocycles. The van der Waals surface area contributed by atoms with Crippen LogP contribution in [0.4, 0.5) is 4.39 Å². The van der Waals surface area contributed by atoms with Gasteiger partial charge in [0, 0.05) is 55.7 Å². The highest BCUT2D eigenvalue weighted by Gasteiger charge is 2.35. The number of pyridine rings is 2. The second kappa shape index (κ2) is 11.8. The van der Waals surface area contributed by atoms with E-state index in [-0.39, 0.29) is 12.5 Å². The quantitative estimate of drug-likeness (QED) is 0.336. The lowest BCUT2D eigenvalue weighted by molar-refractivity contribution is -0.128. The molecule has 1 atom stereocenters. The average Bonchev–Trinajstić information content (AvgIpc) is 3.33. The van der Waals surface area contributed by atoms with Crippen LogP contribution in [0, 0.1) is 5.82 Å². The number of carbonyl (C=O) groups excluding carboxylic acids is 1. The van der Waals surface area contributed by atoms with Crippen molar-refractivity contribution in [3.05, 3.63) is 77.2 Å². The van der Waals surface area contributed by atoms with E-state index >= 15 is 0 Å². The predicted molar refractivity (Wildman–Crippen MR) is 150 cm³/mol. The molecule has 0 bridgehead atoms. The van der Waals surface area contributed by atoms with E-state index in [4.69, 9.17) is 22.1 Å². The van der Waals surface area contributed by atoms with Gasteiger partial charge in [0.1, 0.15) is 17.1 Å². The summed E-state index contributed by atoms with van der Waals surface area (Å²) in [5.41, 5.74) is 9.49. The minimum absolute atomic E-state index is 0.00725. The molecule has 0 aromatic carbocycles. The molecule has 1 aliphatic heterocycles. The van der Waals surface area contributed by atoms with Crippen molar-refractivity contribution < 1.29 is 19.0 Å². The molecule has 1 unspecified atom stereocenters. The first-order chi connectivity index (χ1) is 19.3. The van der Waals surface area contributed by atoms with E-state index in [1.54, 1.807) is 16.8 Å². The number of aliphatic hydroxyl groups excluding tert-OH is 1. The lowest BCUT2D eigenvalue weighted by Gasteiger charge is -2.46. The summed E-state index contributed by atoms with van der Waals surface area (Å²) in [4.78, 5) is 20.2. The maximum absolute atomic E-state index is 13.4. The lowest BCUT2D eigenvalue weighted by atomic mass is 9.84. The Labute approximate surface area is 236 Å². The molecule has 12 heteroatoms. The standard InChI is InChI=1S/C28H33ClFN7O3/c1-3-26(39)36-8-6-35(7-9-36)21-11-20(12-21)34-17(2)27(31)18-10-24(28-22(29)14-33-37(28)15-18)40-25(16-38)23-5-4-19(30)13-32-23/h3-5,10,13-15,20-21,25,34,38H,1,6-9,11-12,16,31H2,2H3/b27-17-. The lowest BCUT2D eigenvalue weighted by Crippen LogP contribution is -2.58. The van der Waals surface area contributed by atoms with Crippen molar-refractivity contribution in [2.75, 3.05) is 32.8 Å². The Hall–Kier alpha value is -3.67. The molecule has 2 fully saturated rings. The molecule has 40 heavy (non-hydrogen) atoms. The number of nitrogens with one attached hydrogen (secondary N) is 1. The Balaban J connectivity index is 1.28. The number of hydrogen-bond acceptors (Lipinski definition) is 8. The van der Waals surface area contributed by atoms with Gasteiger partial charge < -0.3 is 25.8 Å². The van der Waals surface area contributed by atoms with Crippen LogP contribution in [0.3, 0.4) is 0 Å². The number of carbonyl (C=O) groups is 1. The molecule has 1 aliphatic carbocycles. The zero-order valence-corrected chi connectivity index (χ0v) is 23.0. The maximum Gasteiger partial charge on any atom is 0.246 e. The fourth-order valence-corrected chi connectivity index (χ4v) is 5.47. The number of allylic oxidation sites excluding steroid dienone is 1. The predicted octanol–water partition coefficient (Wildman–Crippen LogP) is 2.73. The molecule has 10 nitrogen and oxygen atoms in total. The summed E-state index contributed by atoms with van der Waals surface area (Å²) >= 11 is 6.40. The molecule has 1 saturated heterocycles. The Kier molecular flexibility index (Phi) is 8.24. The van der Waals surface area contributed by atoms with Crippen LogP contribution in [0.1, 0.15) is 37.1 Å². The van der Waals surface area contributed by atoms with Crippen molar-refractivity contribution in [3.8, 4) is 5.75 Å². The first-order valence-corrected chi connectivity index (χ1v) is 13.6. The highest BCUT2D eigenvalue weighted by Crippen LogP contribution is 2.33. The van der Waals surface area contributed by atoms with Gasteiger partial charge in [0.05, 0.1) is 35.4 Å². The molecule has 212 valence electrons. The van der Waals surface area contributed by atoms with Crippen LogP contribution in [0.5, 0.6) is 5.75 Å². The molecule has 2 aliphatic rings. The topological polar surface area (TPSA) is 121 Å². The highest BCUT2D eigenvalue weighted by molar-refractivity contribution is 6.34. The number of fused-ring (bicyclic) bond motifs is 1. The van der Waals surface area contributed by atoms with Crippen molar-refractivity contribution in [1.29, 1.82) is 0 Å². The fraction of sp³-hybridized carbons (Fsp3) is 0.393. The molecular formula is C28H33ClFN7O3. The van der Waals surface area contributed by atoms with Crippen LogP contribution in [-0.2, 0) is 4.79 Å². The Morgan fingerprint density at radius 3 is 2.73 bits per heavy atom. The minimum Gasteiger partial charge on any atom is -0.479 e. The third kappa shape index (κ3) is 5.77. The summed E-state index contributed by atoms with van der Waals surface area (Å²) in [7, 11) is 0. The van der Waals surface area contributed by atoms with Crippen molar-refractivity contribution in [1.82, 2.24) is 29.7 Å². The molecule has 0 radical (unpaired) electrons. The van der Waals surface area contributed by atoms with Gasteiger partial charge in [0.25, 0.3) is 0 Å². The van der Waals surface area contributed by atoms with Crippen molar-refractivity contribution in [2.45, 2.75) is 38.0 Å². The van der Waals surface area contributed by atoms with Crippen LogP contribution in [-0.4, -0.2) is 80.3 Å². The molecule has 0 spiro atoms. The third-order valence-corrected chi connectivity index (χ3v) is 7.89. The summed E-state index contributed by atoms with van der Waals surface area (Å²) in [5, 5.41) is 18.2. The second-order valence-electron chi connectivity index (χ2n) is 10.1. The summed E-state index contributed by atoms with van der Waals surface area (Å²) in [6.07, 6.45) is 6.86. The number of piperazine rings is 1. The van der Waals surface area contributed by atoms with Crippen LogP contribution in [0.25, 0.3) is 11.2 Å². The Morgan fingerprint density at radius 2 is 2.08 bits per heavy atom. The number of aromatic nitrogens is 3. The number of nitrogens with zero attached hydrogens (tertiary/aromatic N) is 5. The smallest absolute Gasteiger partial charge is 0.246 e. The normalized spacial score (nSPS) is 20.9. The Bertz CT molecular complexity index is 1410. The molecule has 3 aromatic heterocycles. The first kappa shape index (κ1) is 27.9. The highest BCUT2D eigenvalue weighted by atomic mass is 35.5. The monoisotopic (exact) mass is 569 g/mol. The SMILES string of the molecule is C=CC(=O)N1CCN(C2CC(N/C(C)=C(\N)c3cc(OC(CO)c4ccc(F)cn4)c4c(Cl)cnn4c3)C2)CC1. The largest absolute Gasteiger partial charge is 0.479 e. The van der Waals surface area contributed by atoms with Crippen LogP contribution in [0.15, 0.2) is 55.1 Å². The van der Waals surface area contributed by atoms with E-state index < -0.39 is 11.9 Å². The number of rotatable bonds is 9. The number of amides is 1. The zero-order valence-electron chi connectivity index (χ0n) is 22.3. The molecular weight excluding hydrogens is 537 g/mol. The van der Waals surface area contributed by atoms with Crippen molar-refractivity contribution in [2.24, 2.45) is 5.73 Å². The Morgan fingerprint density at radius 1 is 1.32 bits per heavy atom. The number of halogens is 2. The fourth-order valence-electron chi connectivity index (χ4n) is 5.25. The van der Waals surface area contributed by atoms with E-state index in [2.05, 4.69) is 26.9 Å². The van der Waals surface area contributed by atoms with Crippen LogP contribution < -0.4 is 15.8 Å². The van der Waals surface area contributed by atoms with E-state index in [0.29, 0.717) is 45.3 Å². The van der Waals surface area contributed by atoms with Gasteiger partial charge in [-0.1, -0.05) is 18.2 Å². The molecule has 1 amide bonds. The van der Waals surface area contributed by atoms with Gasteiger partial charge in [-0.15, -0.1) is 0 Å². The summed E-state index contributed by atoms with van der Waals surface area (Å²) in [6, 6.07) is 5.24.